The van der Waals surface area contributed by atoms with Gasteiger partial charge in [0.25, 0.3) is 0 Å². The number of hydrogen-bond acceptors (Lipinski definition) is 1. The molecule has 2 aliphatic carbocycles. The molecule has 0 spiro atoms. The molecule has 2 saturated carbocycles. The van der Waals surface area contributed by atoms with Crippen molar-refractivity contribution in [2.45, 2.75) is 50.6 Å². The lowest BCUT2D eigenvalue weighted by Crippen LogP contribution is -2.34. The molecule has 1 heterocycles. The molecule has 15 heavy (non-hydrogen) atoms. The Morgan fingerprint density at radius 1 is 0.933 bits per heavy atom. The number of halogens is 1. The van der Waals surface area contributed by atoms with Crippen molar-refractivity contribution >= 4 is 0 Å². The molecule has 1 aliphatic heterocycles. The van der Waals surface area contributed by atoms with Crippen molar-refractivity contribution in [3.8, 4) is 0 Å². The normalized spacial score (nSPS) is 47.0. The Morgan fingerprint density at radius 2 is 1.53 bits per heavy atom. The zero-order valence-electron chi connectivity index (χ0n) is 9.47. The van der Waals surface area contributed by atoms with Gasteiger partial charge in [0.15, 0.2) is 0 Å². The Morgan fingerprint density at radius 3 is 2.13 bits per heavy atom. The van der Waals surface area contributed by atoms with Crippen LogP contribution in [-0.4, -0.2) is 18.8 Å². The van der Waals surface area contributed by atoms with Crippen LogP contribution in [0.3, 0.4) is 0 Å². The number of alkyl halides is 1. The van der Waals surface area contributed by atoms with Gasteiger partial charge in [-0.2, -0.15) is 0 Å². The Balaban J connectivity index is 1.69. The van der Waals surface area contributed by atoms with E-state index in [4.69, 9.17) is 0 Å². The fourth-order valence-electron chi connectivity index (χ4n) is 4.17. The first kappa shape index (κ1) is 10.1. The third-order valence-electron chi connectivity index (χ3n) is 5.02. The molecule has 2 atom stereocenters. The summed E-state index contributed by atoms with van der Waals surface area (Å²) in [5.41, 5.74) is -0.780. The molecule has 1 nitrogen and oxygen atoms in total. The van der Waals surface area contributed by atoms with E-state index in [9.17, 15) is 4.39 Å². The van der Waals surface area contributed by atoms with Crippen LogP contribution in [0.25, 0.3) is 0 Å². The highest BCUT2D eigenvalue weighted by molar-refractivity contribution is 5.02. The molecule has 0 radical (unpaired) electrons. The van der Waals surface area contributed by atoms with Gasteiger partial charge < -0.3 is 5.32 Å². The van der Waals surface area contributed by atoms with Gasteiger partial charge in [0, 0.05) is 0 Å². The van der Waals surface area contributed by atoms with E-state index in [1.54, 1.807) is 0 Å². The van der Waals surface area contributed by atoms with Gasteiger partial charge in [-0.3, -0.25) is 0 Å². The van der Waals surface area contributed by atoms with E-state index in [2.05, 4.69) is 5.32 Å². The van der Waals surface area contributed by atoms with E-state index in [-0.39, 0.29) is 0 Å². The summed E-state index contributed by atoms with van der Waals surface area (Å²) in [6, 6.07) is 0. The predicted octanol–water partition coefficient (Wildman–Crippen LogP) is 2.90. The summed E-state index contributed by atoms with van der Waals surface area (Å²) in [6.07, 6.45) is 7.90. The average Bonchev–Trinajstić information content (AvgIpc) is 2.78. The Labute approximate surface area is 91.8 Å². The second-order valence-electron chi connectivity index (χ2n) is 5.96. The topological polar surface area (TPSA) is 12.0 Å². The van der Waals surface area contributed by atoms with E-state index in [0.29, 0.717) is 17.8 Å². The van der Waals surface area contributed by atoms with Gasteiger partial charge in [-0.25, -0.2) is 4.39 Å². The van der Waals surface area contributed by atoms with Crippen LogP contribution in [0.4, 0.5) is 4.39 Å². The minimum Gasteiger partial charge on any atom is -0.316 e. The number of hydrogen-bond donors (Lipinski definition) is 1. The van der Waals surface area contributed by atoms with E-state index >= 15 is 0 Å². The van der Waals surface area contributed by atoms with E-state index in [1.165, 1.54) is 19.3 Å². The monoisotopic (exact) mass is 211 g/mol. The minimum atomic E-state index is -0.780. The highest BCUT2D eigenvalue weighted by Gasteiger charge is 2.51. The van der Waals surface area contributed by atoms with Crippen molar-refractivity contribution in [2.24, 2.45) is 17.8 Å². The summed E-state index contributed by atoms with van der Waals surface area (Å²) in [5, 5.41) is 3.40. The summed E-state index contributed by atoms with van der Waals surface area (Å²) >= 11 is 0. The number of rotatable bonds is 1. The van der Waals surface area contributed by atoms with Gasteiger partial charge in [-0.05, 0) is 56.5 Å². The van der Waals surface area contributed by atoms with Crippen molar-refractivity contribution in [2.75, 3.05) is 13.1 Å². The van der Waals surface area contributed by atoms with Crippen LogP contribution in [0.1, 0.15) is 44.9 Å². The molecule has 86 valence electrons. The highest BCUT2D eigenvalue weighted by Crippen LogP contribution is 2.51. The Hall–Kier alpha value is -0.110. The van der Waals surface area contributed by atoms with Gasteiger partial charge in [-0.15, -0.1) is 0 Å². The third kappa shape index (κ3) is 1.71. The molecule has 1 N–H and O–H groups in total. The van der Waals surface area contributed by atoms with E-state index in [1.807, 2.05) is 0 Å². The van der Waals surface area contributed by atoms with Gasteiger partial charge in [0.2, 0.25) is 0 Å². The molecular formula is C13H22FN. The number of nitrogens with one attached hydrogen (secondary N) is 1. The average molecular weight is 211 g/mol. The lowest BCUT2D eigenvalue weighted by Gasteiger charge is -2.34. The SMILES string of the molecule is FC1(C2CCCCC2)CC2CNCC2C1. The largest absolute Gasteiger partial charge is 0.316 e. The van der Waals surface area contributed by atoms with Crippen LogP contribution in [0.5, 0.6) is 0 Å². The van der Waals surface area contributed by atoms with Crippen LogP contribution in [0.15, 0.2) is 0 Å². The molecule has 0 amide bonds. The minimum absolute atomic E-state index is 0.400. The van der Waals surface area contributed by atoms with Gasteiger partial charge in [-0.1, -0.05) is 19.3 Å². The first-order valence-corrected chi connectivity index (χ1v) is 6.67. The summed E-state index contributed by atoms with van der Waals surface area (Å²) < 4.78 is 14.9. The zero-order chi connectivity index (χ0) is 10.3. The van der Waals surface area contributed by atoms with Crippen molar-refractivity contribution in [3.05, 3.63) is 0 Å². The second kappa shape index (κ2) is 3.73. The van der Waals surface area contributed by atoms with Gasteiger partial charge >= 0.3 is 0 Å². The van der Waals surface area contributed by atoms with Crippen molar-refractivity contribution in [1.82, 2.24) is 5.32 Å². The molecule has 0 aromatic carbocycles. The molecule has 2 heteroatoms. The lowest BCUT2D eigenvalue weighted by atomic mass is 9.76. The first-order chi connectivity index (χ1) is 7.28. The van der Waals surface area contributed by atoms with Crippen LogP contribution in [0, 0.1) is 17.8 Å². The van der Waals surface area contributed by atoms with Crippen LogP contribution in [-0.2, 0) is 0 Å². The smallest absolute Gasteiger partial charge is 0.114 e. The molecule has 3 rings (SSSR count). The molecule has 2 unspecified atom stereocenters. The fraction of sp³-hybridized carbons (Fsp3) is 1.00. The maximum atomic E-state index is 14.9. The Bertz CT molecular complexity index is 223. The van der Waals surface area contributed by atoms with Crippen LogP contribution >= 0.6 is 0 Å². The third-order valence-corrected chi connectivity index (χ3v) is 5.02. The standard InChI is InChI=1S/C13H22FN/c14-13(12-4-2-1-3-5-12)6-10-8-15-9-11(10)7-13/h10-12,15H,1-9H2. The molecular weight excluding hydrogens is 189 g/mol. The molecule has 3 aliphatic rings. The maximum absolute atomic E-state index is 14.9. The van der Waals surface area contributed by atoms with Crippen LogP contribution < -0.4 is 5.32 Å². The quantitative estimate of drug-likeness (QED) is 0.703. The highest BCUT2D eigenvalue weighted by atomic mass is 19.1. The summed E-state index contributed by atoms with van der Waals surface area (Å²) in [5.74, 6) is 1.70. The van der Waals surface area contributed by atoms with Crippen molar-refractivity contribution in [1.29, 1.82) is 0 Å². The van der Waals surface area contributed by atoms with Crippen molar-refractivity contribution in [3.63, 3.8) is 0 Å². The molecule has 1 saturated heterocycles. The molecule has 0 aromatic rings. The summed E-state index contributed by atoms with van der Waals surface area (Å²) in [6.45, 7) is 2.14. The molecule has 0 bridgehead atoms. The van der Waals surface area contributed by atoms with Crippen LogP contribution in [0.2, 0.25) is 0 Å². The summed E-state index contributed by atoms with van der Waals surface area (Å²) in [7, 11) is 0. The number of fused-ring (bicyclic) bond motifs is 1. The Kier molecular flexibility index (Phi) is 2.50. The summed E-state index contributed by atoms with van der Waals surface area (Å²) in [4.78, 5) is 0. The second-order valence-corrected chi connectivity index (χ2v) is 5.96. The predicted molar refractivity (Wildman–Crippen MR) is 59.5 cm³/mol. The zero-order valence-corrected chi connectivity index (χ0v) is 9.47. The van der Waals surface area contributed by atoms with E-state index in [0.717, 1.165) is 38.8 Å². The molecule has 0 aromatic heterocycles. The fourth-order valence-corrected chi connectivity index (χ4v) is 4.17. The van der Waals surface area contributed by atoms with Gasteiger partial charge in [0.1, 0.15) is 5.67 Å². The maximum Gasteiger partial charge on any atom is 0.114 e. The van der Waals surface area contributed by atoms with E-state index < -0.39 is 5.67 Å². The lowest BCUT2D eigenvalue weighted by molar-refractivity contribution is 0.0547. The van der Waals surface area contributed by atoms with Crippen molar-refractivity contribution < 1.29 is 4.39 Å². The molecule has 3 fully saturated rings. The van der Waals surface area contributed by atoms with Gasteiger partial charge in [0.05, 0.1) is 0 Å². The first-order valence-electron chi connectivity index (χ1n) is 6.67.